The van der Waals surface area contributed by atoms with Crippen LogP contribution in [0.1, 0.15) is 1.37 Å². The standard InChI is InChI=1S/C6H8O5/c7-2-4(9)5-1-3(8)6(10)11-5/h1,4-5,7-9H,2H2/t4-,5-/m0/s1/i1D. The van der Waals surface area contributed by atoms with Crippen molar-refractivity contribution in [3.05, 3.63) is 11.8 Å². The number of rotatable bonds is 2. The van der Waals surface area contributed by atoms with E-state index < -0.39 is 36.6 Å². The number of aliphatic hydroxyl groups is 3. The number of carbonyl (C=O) groups excluding carboxylic acids is 1. The van der Waals surface area contributed by atoms with Gasteiger partial charge in [0.2, 0.25) is 5.76 Å². The van der Waals surface area contributed by atoms with E-state index in [9.17, 15) is 4.79 Å². The molecule has 0 aromatic carbocycles. The highest BCUT2D eigenvalue weighted by atomic mass is 16.6. The van der Waals surface area contributed by atoms with Crippen molar-refractivity contribution in [2.24, 2.45) is 0 Å². The first kappa shape index (κ1) is 6.63. The summed E-state index contributed by atoms with van der Waals surface area (Å²) < 4.78 is 11.5. The third-order valence-corrected chi connectivity index (χ3v) is 1.24. The lowest BCUT2D eigenvalue weighted by Gasteiger charge is -2.11. The predicted octanol–water partition coefficient (Wildman–Crippen LogP) is -1.29. The van der Waals surface area contributed by atoms with Crippen LogP contribution in [0.2, 0.25) is 0 Å². The molecular formula is C6H8O5. The maximum atomic E-state index is 10.6. The van der Waals surface area contributed by atoms with E-state index in [1.54, 1.807) is 0 Å². The second kappa shape index (κ2) is 2.89. The van der Waals surface area contributed by atoms with Crippen LogP contribution in [0.25, 0.3) is 0 Å². The Morgan fingerprint density at radius 3 is 2.91 bits per heavy atom. The van der Waals surface area contributed by atoms with Gasteiger partial charge >= 0.3 is 5.97 Å². The maximum Gasteiger partial charge on any atom is 0.373 e. The van der Waals surface area contributed by atoms with Crippen molar-refractivity contribution < 1.29 is 26.2 Å². The van der Waals surface area contributed by atoms with Gasteiger partial charge in [-0.25, -0.2) is 4.79 Å². The zero-order valence-corrected chi connectivity index (χ0v) is 5.52. The van der Waals surface area contributed by atoms with Crippen molar-refractivity contribution in [1.82, 2.24) is 0 Å². The van der Waals surface area contributed by atoms with Crippen molar-refractivity contribution in [1.29, 1.82) is 0 Å². The first-order valence-corrected chi connectivity index (χ1v) is 2.97. The van der Waals surface area contributed by atoms with Crippen molar-refractivity contribution >= 4 is 5.97 Å². The van der Waals surface area contributed by atoms with E-state index in [1.165, 1.54) is 0 Å². The summed E-state index contributed by atoms with van der Waals surface area (Å²) in [6, 6.07) is -0.499. The molecule has 0 unspecified atom stereocenters. The van der Waals surface area contributed by atoms with Crippen molar-refractivity contribution in [2.75, 3.05) is 6.61 Å². The van der Waals surface area contributed by atoms with E-state index >= 15 is 0 Å². The lowest BCUT2D eigenvalue weighted by molar-refractivity contribution is -0.146. The van der Waals surface area contributed by atoms with Crippen LogP contribution in [0.5, 0.6) is 0 Å². The minimum absolute atomic E-state index is 0.499. The van der Waals surface area contributed by atoms with Crippen LogP contribution in [0.15, 0.2) is 11.8 Å². The molecule has 0 bridgehead atoms. The number of hydrogen-bond acceptors (Lipinski definition) is 5. The van der Waals surface area contributed by atoms with Crippen molar-refractivity contribution in [3.8, 4) is 0 Å². The van der Waals surface area contributed by atoms with Gasteiger partial charge in [-0.1, -0.05) is 0 Å². The molecule has 1 aliphatic rings. The molecule has 1 rings (SSSR count). The third kappa shape index (κ3) is 1.50. The number of ether oxygens (including phenoxy) is 1. The van der Waals surface area contributed by atoms with Crippen molar-refractivity contribution in [3.63, 3.8) is 0 Å². The highest BCUT2D eigenvalue weighted by Crippen LogP contribution is 2.13. The summed E-state index contributed by atoms with van der Waals surface area (Å²) in [5.74, 6) is -1.86. The highest BCUT2D eigenvalue weighted by Gasteiger charge is 2.29. The van der Waals surface area contributed by atoms with Gasteiger partial charge in [-0.2, -0.15) is 0 Å². The van der Waals surface area contributed by atoms with Gasteiger partial charge in [-0.05, 0) is 0 Å². The van der Waals surface area contributed by atoms with Gasteiger partial charge in [-0.15, -0.1) is 0 Å². The Morgan fingerprint density at radius 1 is 1.91 bits per heavy atom. The van der Waals surface area contributed by atoms with E-state index in [1.807, 2.05) is 0 Å². The molecule has 3 N–H and O–H groups in total. The molecule has 0 aromatic rings. The fraction of sp³-hybridized carbons (Fsp3) is 0.500. The second-order valence-corrected chi connectivity index (χ2v) is 2.07. The van der Waals surface area contributed by atoms with Gasteiger partial charge in [-0.3, -0.25) is 0 Å². The lowest BCUT2D eigenvalue weighted by atomic mass is 10.2. The number of aliphatic hydroxyl groups excluding tert-OH is 3. The molecule has 1 aliphatic heterocycles. The molecule has 0 saturated carbocycles. The minimum atomic E-state index is -1.36. The van der Waals surface area contributed by atoms with Crippen LogP contribution in [-0.2, 0) is 9.53 Å². The van der Waals surface area contributed by atoms with Crippen LogP contribution in [0.4, 0.5) is 0 Å². The monoisotopic (exact) mass is 161 g/mol. The van der Waals surface area contributed by atoms with Crippen LogP contribution < -0.4 is 0 Å². The summed E-state index contributed by atoms with van der Waals surface area (Å²) in [4.78, 5) is 10.6. The van der Waals surface area contributed by atoms with Crippen molar-refractivity contribution in [2.45, 2.75) is 12.2 Å². The molecule has 2 atom stereocenters. The molecule has 0 amide bonds. The predicted molar refractivity (Wildman–Crippen MR) is 33.7 cm³/mol. The molecule has 11 heavy (non-hydrogen) atoms. The summed E-state index contributed by atoms with van der Waals surface area (Å²) in [7, 11) is 0. The van der Waals surface area contributed by atoms with Gasteiger partial charge in [0.15, 0.2) is 6.10 Å². The number of hydrogen-bond donors (Lipinski definition) is 3. The Hall–Kier alpha value is -1.07. The van der Waals surface area contributed by atoms with E-state index in [0.29, 0.717) is 0 Å². The number of cyclic esters (lactones) is 1. The molecule has 5 nitrogen and oxygen atoms in total. The lowest BCUT2D eigenvalue weighted by Crippen LogP contribution is -2.28. The summed E-state index contributed by atoms with van der Waals surface area (Å²) in [5, 5.41) is 26.2. The molecule has 0 spiro atoms. The fourth-order valence-corrected chi connectivity index (χ4v) is 0.665. The Bertz CT molecular complexity index is 236. The highest BCUT2D eigenvalue weighted by molar-refractivity contribution is 5.88. The molecule has 0 fully saturated rings. The van der Waals surface area contributed by atoms with Gasteiger partial charge in [0.1, 0.15) is 6.10 Å². The summed E-state index contributed by atoms with van der Waals surface area (Å²) in [6.07, 6.45) is -2.60. The molecule has 0 aliphatic carbocycles. The molecule has 0 saturated heterocycles. The van der Waals surface area contributed by atoms with Gasteiger partial charge in [0.05, 0.1) is 7.98 Å². The molecular weight excluding hydrogens is 152 g/mol. The van der Waals surface area contributed by atoms with Crippen LogP contribution in [0, 0.1) is 0 Å². The average Bonchev–Trinajstić information content (AvgIpc) is 2.32. The molecule has 0 aromatic heterocycles. The zero-order chi connectivity index (χ0) is 9.30. The van der Waals surface area contributed by atoms with E-state index in [0.717, 1.165) is 0 Å². The molecule has 1 heterocycles. The van der Waals surface area contributed by atoms with Crippen LogP contribution >= 0.6 is 0 Å². The van der Waals surface area contributed by atoms with E-state index in [4.69, 9.17) is 16.7 Å². The molecule has 0 radical (unpaired) electrons. The first-order chi connectivity index (χ1) is 5.57. The fourth-order valence-electron chi connectivity index (χ4n) is 0.665. The van der Waals surface area contributed by atoms with E-state index in [2.05, 4.69) is 4.74 Å². The van der Waals surface area contributed by atoms with Gasteiger partial charge in [0.25, 0.3) is 0 Å². The Kier molecular flexibility index (Phi) is 1.74. The molecule has 5 heteroatoms. The zero-order valence-electron chi connectivity index (χ0n) is 6.52. The first-order valence-electron chi connectivity index (χ1n) is 3.47. The quantitative estimate of drug-likeness (QED) is 0.438. The minimum Gasteiger partial charge on any atom is -0.502 e. The second-order valence-electron chi connectivity index (χ2n) is 2.07. The largest absolute Gasteiger partial charge is 0.502 e. The Labute approximate surface area is 63.9 Å². The topological polar surface area (TPSA) is 87.0 Å². The maximum absolute atomic E-state index is 10.6. The SMILES string of the molecule is [2H]C1=C(O)C(=O)O[C@@H]1[C@@H](O)CO. The number of esters is 1. The Balaban J connectivity index is 2.80. The van der Waals surface area contributed by atoms with Gasteiger partial charge < -0.3 is 20.1 Å². The number of carbonyl (C=O) groups is 1. The van der Waals surface area contributed by atoms with E-state index in [-0.39, 0.29) is 0 Å². The van der Waals surface area contributed by atoms with Crippen LogP contribution in [0.3, 0.4) is 0 Å². The normalized spacial score (nSPS) is 28.4. The summed E-state index contributed by atoms with van der Waals surface area (Å²) in [5.41, 5.74) is 0. The summed E-state index contributed by atoms with van der Waals surface area (Å²) in [6.45, 7) is -0.631. The van der Waals surface area contributed by atoms with Gasteiger partial charge in [0, 0.05) is 6.05 Å². The molecule has 62 valence electrons. The Morgan fingerprint density at radius 2 is 2.55 bits per heavy atom. The third-order valence-electron chi connectivity index (χ3n) is 1.24. The van der Waals surface area contributed by atoms with Crippen LogP contribution in [-0.4, -0.2) is 40.1 Å². The average molecular weight is 161 g/mol. The summed E-state index contributed by atoms with van der Waals surface area (Å²) >= 11 is 0. The smallest absolute Gasteiger partial charge is 0.373 e.